The normalized spacial score (nSPS) is 13.4. The molecule has 5 heteroatoms. The van der Waals surface area contributed by atoms with Gasteiger partial charge in [0, 0.05) is 38.9 Å². The van der Waals surface area contributed by atoms with Crippen molar-refractivity contribution in [2.24, 2.45) is 0 Å². The number of rotatable bonds is 10. The van der Waals surface area contributed by atoms with E-state index in [-0.39, 0.29) is 10.8 Å². The van der Waals surface area contributed by atoms with E-state index in [1.165, 1.54) is 65.7 Å². The molecule has 1 aromatic heterocycles. The summed E-state index contributed by atoms with van der Waals surface area (Å²) in [4.78, 5) is 4.98. The maximum absolute atomic E-state index is 7.39. The summed E-state index contributed by atoms with van der Waals surface area (Å²) in [5.41, 5.74) is 17.4. The van der Waals surface area contributed by atoms with Gasteiger partial charge >= 0.3 is 0 Å². The van der Waals surface area contributed by atoms with E-state index in [1.807, 2.05) is 0 Å². The van der Waals surface area contributed by atoms with E-state index in [0.29, 0.717) is 0 Å². The van der Waals surface area contributed by atoms with Gasteiger partial charge in [0.25, 0.3) is 0 Å². The molecule has 12 rings (SSSR count). The van der Waals surface area contributed by atoms with E-state index in [9.17, 15) is 0 Å². The van der Waals surface area contributed by atoms with Gasteiger partial charge in [-0.2, -0.15) is 0 Å². The number of nitrogens with zero attached hydrogens (tertiary/aromatic N) is 2. The molecule has 0 saturated carbocycles. The van der Waals surface area contributed by atoms with Crippen LogP contribution in [0, 0.1) is 0 Å². The Bertz CT molecular complexity index is 3870. The van der Waals surface area contributed by atoms with Gasteiger partial charge in [-0.3, -0.25) is 0 Å². The van der Waals surface area contributed by atoms with Crippen molar-refractivity contribution in [3.05, 3.63) is 252 Å². The van der Waals surface area contributed by atoms with Crippen LogP contribution in [0.5, 0.6) is 0 Å². The summed E-state index contributed by atoms with van der Waals surface area (Å²) in [6.45, 7) is 25.9. The van der Waals surface area contributed by atoms with Gasteiger partial charge in [0.2, 0.25) is 0 Å². The summed E-state index contributed by atoms with van der Waals surface area (Å²) >= 11 is 0. The van der Waals surface area contributed by atoms with E-state index >= 15 is 0 Å². The zero-order chi connectivity index (χ0) is 53.6. The maximum Gasteiger partial charge on any atom is 0.160 e. The van der Waals surface area contributed by atoms with Crippen molar-refractivity contribution in [3.8, 4) is 11.1 Å². The van der Waals surface area contributed by atoms with Crippen LogP contribution < -0.4 is 20.2 Å². The third-order valence-electron chi connectivity index (χ3n) is 16.4. The summed E-state index contributed by atoms with van der Waals surface area (Å²) in [5.74, 6) is 0. The first-order valence-corrected chi connectivity index (χ1v) is 34.0. The first kappa shape index (κ1) is 50.1. The van der Waals surface area contributed by atoms with Crippen molar-refractivity contribution in [2.75, 3.05) is 9.80 Å². The quantitative estimate of drug-likeness (QED) is 0.127. The van der Waals surface area contributed by atoms with E-state index in [4.69, 9.17) is 4.42 Å². The van der Waals surface area contributed by atoms with Crippen LogP contribution in [0.4, 0.5) is 34.1 Å². The van der Waals surface area contributed by atoms with Crippen molar-refractivity contribution in [1.82, 2.24) is 0 Å². The molecule has 3 nitrogen and oxygen atoms in total. The van der Waals surface area contributed by atoms with Gasteiger partial charge in [-0.1, -0.05) is 236 Å². The fourth-order valence-electron chi connectivity index (χ4n) is 12.2. The number of hydrogen-bond acceptors (Lipinski definition) is 3. The van der Waals surface area contributed by atoms with E-state index in [2.05, 4.69) is 302 Å². The molecule has 0 aliphatic heterocycles. The van der Waals surface area contributed by atoms with Gasteiger partial charge in [-0.25, -0.2) is 0 Å². The minimum absolute atomic E-state index is 0.00818. The lowest BCUT2D eigenvalue weighted by atomic mass is 9.67. The van der Waals surface area contributed by atoms with E-state index in [0.717, 1.165) is 56.1 Å². The number of anilines is 6. The molecule has 77 heavy (non-hydrogen) atoms. The molecule has 1 aliphatic rings. The molecule has 0 saturated heterocycles. The van der Waals surface area contributed by atoms with E-state index in [1.54, 1.807) is 0 Å². The summed E-state index contributed by atoms with van der Waals surface area (Å²) in [6.07, 6.45) is 0. The van der Waals surface area contributed by atoms with Gasteiger partial charge in [0.05, 0.1) is 33.7 Å². The maximum atomic E-state index is 7.39. The summed E-state index contributed by atoms with van der Waals surface area (Å²) in [5, 5.41) is 7.49. The molecule has 0 radical (unpaired) electrons. The van der Waals surface area contributed by atoms with Gasteiger partial charge in [0.15, 0.2) is 5.58 Å². The van der Waals surface area contributed by atoms with Crippen molar-refractivity contribution in [1.29, 1.82) is 0 Å². The van der Waals surface area contributed by atoms with Crippen LogP contribution in [0.15, 0.2) is 223 Å². The van der Waals surface area contributed by atoms with Gasteiger partial charge < -0.3 is 14.2 Å². The molecule has 1 aliphatic carbocycles. The second kappa shape index (κ2) is 18.8. The third kappa shape index (κ3) is 8.47. The molecule has 11 aromatic rings. The molecule has 0 atom stereocenters. The predicted octanol–water partition coefficient (Wildman–Crippen LogP) is 18.9. The Hall–Kier alpha value is -7.71. The zero-order valence-corrected chi connectivity index (χ0v) is 48.8. The van der Waals surface area contributed by atoms with Crippen LogP contribution in [0.2, 0.25) is 32.7 Å². The average molecular weight is 1040 g/mol. The van der Waals surface area contributed by atoms with Gasteiger partial charge in [0.1, 0.15) is 5.58 Å². The molecule has 0 amide bonds. The molecule has 0 unspecified atom stereocenters. The van der Waals surface area contributed by atoms with Crippen LogP contribution in [0.1, 0.15) is 74.9 Å². The lowest BCUT2D eigenvalue weighted by molar-refractivity contribution is 0.590. The lowest BCUT2D eigenvalue weighted by Gasteiger charge is -2.36. The van der Waals surface area contributed by atoms with E-state index < -0.39 is 22.3 Å². The van der Waals surface area contributed by atoms with Crippen molar-refractivity contribution < 1.29 is 4.42 Å². The fraction of sp³-hybridized carbons (Fsp3) is 0.194. The lowest BCUT2D eigenvalue weighted by Crippen LogP contribution is -2.37. The Morgan fingerprint density at radius 1 is 0.429 bits per heavy atom. The standard InChI is InChI=1S/C72H70N2OSi2/c1-70(2,3)48-30-34-52(35-31-48)73(54-38-42-56(43-39-54)76(7)8)63-46-61-66(59-27-19-18-26-58(59)63)68-62(72(61,50-22-14-12-15-23-50)51-24-16-13-17-25-51)47-64(69-67(68)60-28-20-21-29-65(60)75-69)74(53-36-32-49(33-37-53)71(4,5)6)55-40-44-57(45-41-55)77(9,10)11/h12-47,76H,1-11H3. The minimum atomic E-state index is -1.62. The fourth-order valence-corrected chi connectivity index (χ4v) is 14.3. The Morgan fingerprint density at radius 3 is 1.34 bits per heavy atom. The highest BCUT2D eigenvalue weighted by atomic mass is 28.3. The summed E-state index contributed by atoms with van der Waals surface area (Å²) in [7, 11) is -2.68. The highest BCUT2D eigenvalue weighted by molar-refractivity contribution is 6.88. The Morgan fingerprint density at radius 2 is 0.844 bits per heavy atom. The number of para-hydroxylation sites is 1. The Kier molecular flexibility index (Phi) is 12.2. The number of furan rings is 1. The van der Waals surface area contributed by atoms with Gasteiger partial charge in [-0.15, -0.1) is 0 Å². The zero-order valence-electron chi connectivity index (χ0n) is 46.7. The number of benzene rings is 10. The molecular weight excluding hydrogens is 965 g/mol. The van der Waals surface area contributed by atoms with Crippen LogP contribution >= 0.6 is 0 Å². The minimum Gasteiger partial charge on any atom is -0.454 e. The second-order valence-corrected chi connectivity index (χ2v) is 32.8. The van der Waals surface area contributed by atoms with Crippen molar-refractivity contribution in [3.63, 3.8) is 0 Å². The predicted molar refractivity (Wildman–Crippen MR) is 337 cm³/mol. The molecule has 10 aromatic carbocycles. The number of fused-ring (bicyclic) bond motifs is 9. The second-order valence-electron chi connectivity index (χ2n) is 24.8. The molecule has 0 N–H and O–H groups in total. The number of hydrogen-bond donors (Lipinski definition) is 0. The van der Waals surface area contributed by atoms with Gasteiger partial charge in [-0.05, 0) is 127 Å². The highest BCUT2D eigenvalue weighted by Gasteiger charge is 2.49. The van der Waals surface area contributed by atoms with Crippen LogP contribution in [-0.2, 0) is 16.2 Å². The summed E-state index contributed by atoms with van der Waals surface area (Å²) < 4.78 is 7.39. The molecule has 382 valence electrons. The Balaban J connectivity index is 1.25. The monoisotopic (exact) mass is 1030 g/mol. The molecule has 0 bridgehead atoms. The third-order valence-corrected chi connectivity index (χ3v) is 20.2. The topological polar surface area (TPSA) is 19.6 Å². The Labute approximate surface area is 459 Å². The SMILES string of the molecule is C[SiH](C)c1ccc(N(c2ccc(C(C)(C)C)cc2)c2cc3c(c4ccccc24)-c2c(cc(N(c4ccc(C(C)(C)C)cc4)c4ccc([Si](C)(C)C)cc4)c4oc5ccccc5c24)C3(c2ccccc2)c2ccccc2)cc1. The molecule has 1 heterocycles. The van der Waals surface area contributed by atoms with Crippen molar-refractivity contribution >= 4 is 94.1 Å². The average Bonchev–Trinajstić information content (AvgIpc) is 3.76. The molecular formula is C72H70N2OSi2. The first-order valence-electron chi connectivity index (χ1n) is 27.6. The van der Waals surface area contributed by atoms with Crippen LogP contribution in [0.3, 0.4) is 0 Å². The van der Waals surface area contributed by atoms with Crippen LogP contribution in [0.25, 0.3) is 43.8 Å². The van der Waals surface area contributed by atoms with Crippen LogP contribution in [-0.4, -0.2) is 16.9 Å². The largest absolute Gasteiger partial charge is 0.454 e. The highest BCUT2D eigenvalue weighted by Crippen LogP contribution is 2.63. The molecule has 0 spiro atoms. The van der Waals surface area contributed by atoms with Crippen molar-refractivity contribution in [2.45, 2.75) is 90.5 Å². The molecule has 0 fully saturated rings. The summed E-state index contributed by atoms with van der Waals surface area (Å²) in [6, 6.07) is 82.9. The first-order chi connectivity index (χ1) is 36.9. The smallest absolute Gasteiger partial charge is 0.160 e.